The molecule has 0 aliphatic rings. The quantitative estimate of drug-likeness (QED) is 0.612. The van der Waals surface area contributed by atoms with Gasteiger partial charge in [-0.25, -0.2) is 0 Å². The second-order valence-corrected chi connectivity index (χ2v) is 4.34. The second kappa shape index (κ2) is 9.65. The fraction of sp³-hybridized carbons (Fsp3) is 0.692. The maximum absolute atomic E-state index is 11.6. The van der Waals surface area contributed by atoms with Crippen LogP contribution >= 0.6 is 0 Å². The molecule has 2 N–H and O–H groups in total. The smallest absolute Gasteiger partial charge is 0.303 e. The highest BCUT2D eigenvalue weighted by atomic mass is 16.4. The maximum atomic E-state index is 11.6. The van der Waals surface area contributed by atoms with Crippen LogP contribution in [0.5, 0.6) is 0 Å². The van der Waals surface area contributed by atoms with Crippen molar-refractivity contribution in [3.63, 3.8) is 0 Å². The van der Waals surface area contributed by atoms with E-state index in [0.29, 0.717) is 6.42 Å². The van der Waals surface area contributed by atoms with Crippen molar-refractivity contribution in [2.75, 3.05) is 13.6 Å². The maximum Gasteiger partial charge on any atom is 0.303 e. The van der Waals surface area contributed by atoms with Gasteiger partial charge in [-0.2, -0.15) is 0 Å². The Morgan fingerprint density at radius 2 is 2.06 bits per heavy atom. The largest absolute Gasteiger partial charge is 0.481 e. The highest BCUT2D eigenvalue weighted by Crippen LogP contribution is 2.03. The minimum Gasteiger partial charge on any atom is -0.481 e. The van der Waals surface area contributed by atoms with Gasteiger partial charge in [0, 0.05) is 20.0 Å². The molecule has 0 radical (unpaired) electrons. The van der Waals surface area contributed by atoms with Gasteiger partial charge in [0.1, 0.15) is 0 Å². The predicted octanol–water partition coefficient (Wildman–Crippen LogP) is 1.42. The number of carbonyl (C=O) groups excluding carboxylic acids is 1. The monoisotopic (exact) mass is 257 g/mol. The summed E-state index contributed by atoms with van der Waals surface area (Å²) >= 11 is 0. The van der Waals surface area contributed by atoms with Crippen LogP contribution in [0.2, 0.25) is 0 Å². The summed E-state index contributed by atoms with van der Waals surface area (Å²) in [5.41, 5.74) is 0. The van der Waals surface area contributed by atoms with Crippen molar-refractivity contribution >= 4 is 11.9 Å². The molecule has 0 rings (SSSR count). The second-order valence-electron chi connectivity index (χ2n) is 4.34. The van der Waals surface area contributed by atoms with Gasteiger partial charge in [-0.05, 0) is 25.3 Å². The number of hydrogen-bond donors (Lipinski definition) is 2. The number of amides is 1. The Morgan fingerprint density at radius 3 is 2.61 bits per heavy atom. The number of carboxylic acid groups (broad SMARTS) is 1. The summed E-state index contributed by atoms with van der Waals surface area (Å²) in [6.07, 6.45) is 4.79. The zero-order valence-corrected chi connectivity index (χ0v) is 11.1. The van der Waals surface area contributed by atoms with E-state index in [1.165, 1.54) is 6.08 Å². The van der Waals surface area contributed by atoms with E-state index in [4.69, 9.17) is 5.11 Å². The van der Waals surface area contributed by atoms with Gasteiger partial charge in [0.05, 0.1) is 6.10 Å². The summed E-state index contributed by atoms with van der Waals surface area (Å²) < 4.78 is 0. The van der Waals surface area contributed by atoms with Crippen molar-refractivity contribution in [2.45, 2.75) is 45.1 Å². The number of nitrogens with zero attached hydrogens (tertiary/aromatic N) is 1. The van der Waals surface area contributed by atoms with E-state index in [1.54, 1.807) is 18.0 Å². The van der Waals surface area contributed by atoms with Crippen molar-refractivity contribution in [1.29, 1.82) is 0 Å². The van der Waals surface area contributed by atoms with Gasteiger partial charge in [0.2, 0.25) is 5.91 Å². The molecule has 0 saturated heterocycles. The molecule has 0 fully saturated rings. The van der Waals surface area contributed by atoms with Gasteiger partial charge in [-0.3, -0.25) is 9.59 Å². The van der Waals surface area contributed by atoms with E-state index in [9.17, 15) is 14.7 Å². The van der Waals surface area contributed by atoms with Crippen LogP contribution < -0.4 is 0 Å². The van der Waals surface area contributed by atoms with Crippen LogP contribution in [0.3, 0.4) is 0 Å². The van der Waals surface area contributed by atoms with E-state index < -0.39 is 12.1 Å². The number of unbranched alkanes of at least 4 members (excludes halogenated alkanes) is 1. The molecule has 5 heteroatoms. The molecule has 0 unspecified atom stereocenters. The first-order valence-corrected chi connectivity index (χ1v) is 6.28. The van der Waals surface area contributed by atoms with E-state index in [0.717, 1.165) is 19.4 Å². The van der Waals surface area contributed by atoms with Gasteiger partial charge in [0.15, 0.2) is 0 Å². The number of hydrogen-bond acceptors (Lipinski definition) is 3. The third kappa shape index (κ3) is 8.75. The third-order valence-corrected chi connectivity index (χ3v) is 2.58. The lowest BCUT2D eigenvalue weighted by molar-refractivity contribution is -0.137. The Kier molecular flexibility index (Phi) is 8.92. The third-order valence-electron chi connectivity index (χ3n) is 2.58. The van der Waals surface area contributed by atoms with Crippen molar-refractivity contribution in [3.05, 3.63) is 12.2 Å². The Balaban J connectivity index is 3.86. The number of carboxylic acids is 1. The molecule has 0 bridgehead atoms. The molecule has 0 aliphatic carbocycles. The lowest BCUT2D eigenvalue weighted by Crippen LogP contribution is -2.25. The fourth-order valence-corrected chi connectivity index (χ4v) is 1.37. The molecular formula is C13H23NO4. The topological polar surface area (TPSA) is 77.8 Å². The molecule has 0 spiro atoms. The number of rotatable bonds is 9. The number of aliphatic hydroxyl groups excluding tert-OH is 1. The molecule has 0 heterocycles. The molecule has 0 aromatic carbocycles. The van der Waals surface area contributed by atoms with E-state index in [-0.39, 0.29) is 18.7 Å². The first-order chi connectivity index (χ1) is 8.47. The minimum atomic E-state index is -0.923. The summed E-state index contributed by atoms with van der Waals surface area (Å²) in [6.45, 7) is 2.79. The minimum absolute atomic E-state index is 0.0562. The van der Waals surface area contributed by atoms with E-state index in [1.807, 2.05) is 0 Å². The van der Waals surface area contributed by atoms with Gasteiger partial charge in [0.25, 0.3) is 0 Å². The van der Waals surface area contributed by atoms with E-state index in [2.05, 4.69) is 6.92 Å². The van der Waals surface area contributed by atoms with Crippen molar-refractivity contribution < 1.29 is 19.8 Å². The molecule has 0 aromatic rings. The van der Waals surface area contributed by atoms with Crippen molar-refractivity contribution in [1.82, 2.24) is 4.90 Å². The zero-order valence-electron chi connectivity index (χ0n) is 11.1. The summed E-state index contributed by atoms with van der Waals surface area (Å²) in [7, 11) is 1.74. The number of likely N-dealkylation sites (N-methyl/N-ethyl adjacent to an activating group) is 1. The molecule has 104 valence electrons. The normalized spacial score (nSPS) is 12.6. The molecule has 0 aromatic heterocycles. The first kappa shape index (κ1) is 16.6. The summed E-state index contributed by atoms with van der Waals surface area (Å²) in [5, 5.41) is 17.9. The summed E-state index contributed by atoms with van der Waals surface area (Å²) in [4.78, 5) is 23.5. The van der Waals surface area contributed by atoms with Gasteiger partial charge in [-0.1, -0.05) is 19.4 Å². The molecule has 1 amide bonds. The average Bonchev–Trinajstić information content (AvgIpc) is 2.33. The lowest BCUT2D eigenvalue weighted by Gasteiger charge is -2.14. The van der Waals surface area contributed by atoms with Crippen LogP contribution in [0.4, 0.5) is 0 Å². The fourth-order valence-electron chi connectivity index (χ4n) is 1.37. The van der Waals surface area contributed by atoms with E-state index >= 15 is 0 Å². The molecule has 0 aliphatic heterocycles. The van der Waals surface area contributed by atoms with Crippen LogP contribution in [-0.4, -0.2) is 46.7 Å². The zero-order chi connectivity index (χ0) is 14.0. The summed E-state index contributed by atoms with van der Waals surface area (Å²) in [5.74, 6) is -1.01. The van der Waals surface area contributed by atoms with Crippen LogP contribution in [0.1, 0.15) is 39.0 Å². The SMILES string of the molecule is CCCCN(C)C(=O)C=CC[C@H](O)CCC(=O)O. The molecule has 18 heavy (non-hydrogen) atoms. The van der Waals surface area contributed by atoms with Crippen LogP contribution in [0.25, 0.3) is 0 Å². The first-order valence-electron chi connectivity index (χ1n) is 6.28. The molecular weight excluding hydrogens is 234 g/mol. The standard InChI is InChI=1S/C13H23NO4/c1-3-4-10-14(2)12(16)7-5-6-11(15)8-9-13(17)18/h5,7,11,15H,3-4,6,8-10H2,1-2H3,(H,17,18)/t11-/m0/s1. The van der Waals surface area contributed by atoms with Gasteiger partial charge in [-0.15, -0.1) is 0 Å². The predicted molar refractivity (Wildman–Crippen MR) is 69.2 cm³/mol. The molecule has 0 saturated carbocycles. The lowest BCUT2D eigenvalue weighted by atomic mass is 10.1. The van der Waals surface area contributed by atoms with Crippen molar-refractivity contribution in [3.8, 4) is 0 Å². The molecule has 5 nitrogen and oxygen atoms in total. The van der Waals surface area contributed by atoms with Crippen LogP contribution in [0, 0.1) is 0 Å². The van der Waals surface area contributed by atoms with Crippen LogP contribution in [0.15, 0.2) is 12.2 Å². The summed E-state index contributed by atoms with van der Waals surface area (Å²) in [6, 6.07) is 0. The van der Waals surface area contributed by atoms with Gasteiger partial charge < -0.3 is 15.1 Å². The highest BCUT2D eigenvalue weighted by molar-refractivity contribution is 5.87. The average molecular weight is 257 g/mol. The Hall–Kier alpha value is -1.36. The Labute approximate surface area is 108 Å². The highest BCUT2D eigenvalue weighted by Gasteiger charge is 2.06. The van der Waals surface area contributed by atoms with Gasteiger partial charge >= 0.3 is 5.97 Å². The molecule has 1 atom stereocenters. The Bertz CT molecular complexity index is 289. The number of carbonyl (C=O) groups is 2. The Morgan fingerprint density at radius 1 is 1.39 bits per heavy atom. The number of aliphatic hydroxyl groups is 1. The number of aliphatic carboxylic acids is 1. The van der Waals surface area contributed by atoms with Crippen LogP contribution in [-0.2, 0) is 9.59 Å². The van der Waals surface area contributed by atoms with Crippen molar-refractivity contribution in [2.24, 2.45) is 0 Å².